The van der Waals surface area contributed by atoms with Gasteiger partial charge in [0.1, 0.15) is 0 Å². The molecule has 0 saturated heterocycles. The highest BCUT2D eigenvalue weighted by atomic mass is 16.4. The van der Waals surface area contributed by atoms with Gasteiger partial charge < -0.3 is 10.2 Å². The molecule has 2 unspecified atom stereocenters. The van der Waals surface area contributed by atoms with Gasteiger partial charge >= 0.3 is 5.97 Å². The standard InChI is InChI=1S/C11H18O3/c1-7-6-9(7)11(10(13)14)4-2-8(12)3-5-11/h7-9,12H,2-6H2,1H3,(H,13,14). The van der Waals surface area contributed by atoms with Gasteiger partial charge in [-0.25, -0.2) is 0 Å². The highest BCUT2D eigenvalue weighted by molar-refractivity contribution is 5.75. The summed E-state index contributed by atoms with van der Waals surface area (Å²) in [6.45, 7) is 2.13. The Morgan fingerprint density at radius 3 is 2.21 bits per heavy atom. The number of hydrogen-bond acceptors (Lipinski definition) is 2. The van der Waals surface area contributed by atoms with E-state index in [9.17, 15) is 15.0 Å². The van der Waals surface area contributed by atoms with E-state index in [1.54, 1.807) is 0 Å². The molecule has 80 valence electrons. The minimum atomic E-state index is -0.640. The zero-order valence-electron chi connectivity index (χ0n) is 8.57. The molecule has 3 nitrogen and oxygen atoms in total. The van der Waals surface area contributed by atoms with Crippen LogP contribution in [-0.2, 0) is 4.79 Å². The molecule has 2 aliphatic rings. The number of hydrogen-bond donors (Lipinski definition) is 2. The summed E-state index contributed by atoms with van der Waals surface area (Å²) in [7, 11) is 0. The summed E-state index contributed by atoms with van der Waals surface area (Å²) in [6.07, 6.45) is 3.45. The van der Waals surface area contributed by atoms with Crippen LogP contribution in [0, 0.1) is 17.3 Å². The van der Waals surface area contributed by atoms with E-state index in [0.29, 0.717) is 37.5 Å². The Labute approximate surface area is 84.1 Å². The first-order valence-corrected chi connectivity index (χ1v) is 5.48. The summed E-state index contributed by atoms with van der Waals surface area (Å²) >= 11 is 0. The quantitative estimate of drug-likeness (QED) is 0.709. The minimum absolute atomic E-state index is 0.267. The molecule has 2 saturated carbocycles. The second-order valence-electron chi connectivity index (χ2n) is 5.01. The summed E-state index contributed by atoms with van der Waals surface area (Å²) in [4.78, 5) is 11.3. The number of aliphatic hydroxyl groups is 1. The molecule has 0 aromatic carbocycles. The second-order valence-corrected chi connectivity index (χ2v) is 5.01. The predicted octanol–water partition coefficient (Wildman–Crippen LogP) is 1.65. The number of carboxylic acids is 1. The molecule has 2 fully saturated rings. The van der Waals surface area contributed by atoms with Crippen molar-refractivity contribution in [2.45, 2.75) is 45.1 Å². The molecule has 0 bridgehead atoms. The molecule has 2 atom stereocenters. The molecule has 0 amide bonds. The fourth-order valence-corrected chi connectivity index (χ4v) is 2.95. The SMILES string of the molecule is CC1CC1C1(C(=O)O)CCC(O)CC1. The molecule has 3 heteroatoms. The highest BCUT2D eigenvalue weighted by Crippen LogP contribution is 2.57. The lowest BCUT2D eigenvalue weighted by atomic mass is 9.69. The maximum atomic E-state index is 11.3. The van der Waals surface area contributed by atoms with Crippen LogP contribution < -0.4 is 0 Å². The maximum absolute atomic E-state index is 11.3. The van der Waals surface area contributed by atoms with E-state index in [0.717, 1.165) is 6.42 Å². The van der Waals surface area contributed by atoms with E-state index < -0.39 is 11.4 Å². The first-order chi connectivity index (χ1) is 6.56. The highest BCUT2D eigenvalue weighted by Gasteiger charge is 2.55. The third kappa shape index (κ3) is 1.44. The molecular weight excluding hydrogens is 180 g/mol. The van der Waals surface area contributed by atoms with Crippen LogP contribution in [0.1, 0.15) is 39.0 Å². The van der Waals surface area contributed by atoms with Crippen LogP contribution in [0.15, 0.2) is 0 Å². The number of carboxylic acid groups (broad SMARTS) is 1. The molecule has 0 spiro atoms. The van der Waals surface area contributed by atoms with E-state index >= 15 is 0 Å². The lowest BCUT2D eigenvalue weighted by molar-refractivity contribution is -0.154. The van der Waals surface area contributed by atoms with E-state index in [-0.39, 0.29) is 6.10 Å². The van der Waals surface area contributed by atoms with Gasteiger partial charge in [0.25, 0.3) is 0 Å². The molecule has 0 aliphatic heterocycles. The average molecular weight is 198 g/mol. The van der Waals surface area contributed by atoms with Crippen LogP contribution in [0.25, 0.3) is 0 Å². The van der Waals surface area contributed by atoms with Gasteiger partial charge in [-0.3, -0.25) is 4.79 Å². The lowest BCUT2D eigenvalue weighted by Crippen LogP contribution is -2.39. The van der Waals surface area contributed by atoms with Crippen molar-refractivity contribution < 1.29 is 15.0 Å². The number of aliphatic hydroxyl groups excluding tert-OH is 1. The Bertz CT molecular complexity index is 241. The van der Waals surface area contributed by atoms with Crippen LogP contribution in [0.5, 0.6) is 0 Å². The fourth-order valence-electron chi connectivity index (χ4n) is 2.95. The van der Waals surface area contributed by atoms with Gasteiger partial charge in [-0.2, -0.15) is 0 Å². The van der Waals surface area contributed by atoms with Crippen LogP contribution in [0.2, 0.25) is 0 Å². The van der Waals surface area contributed by atoms with Gasteiger partial charge in [0.2, 0.25) is 0 Å². The minimum Gasteiger partial charge on any atom is -0.481 e. The van der Waals surface area contributed by atoms with Gasteiger partial charge in [-0.1, -0.05) is 6.92 Å². The van der Waals surface area contributed by atoms with Crippen molar-refractivity contribution in [3.8, 4) is 0 Å². The maximum Gasteiger partial charge on any atom is 0.309 e. The molecule has 14 heavy (non-hydrogen) atoms. The Hall–Kier alpha value is -0.570. The monoisotopic (exact) mass is 198 g/mol. The van der Waals surface area contributed by atoms with Crippen molar-refractivity contribution in [1.82, 2.24) is 0 Å². The van der Waals surface area contributed by atoms with Gasteiger partial charge in [0.05, 0.1) is 11.5 Å². The lowest BCUT2D eigenvalue weighted by Gasteiger charge is -2.35. The number of rotatable bonds is 2. The van der Waals surface area contributed by atoms with Crippen molar-refractivity contribution in [3.63, 3.8) is 0 Å². The van der Waals surface area contributed by atoms with E-state index in [1.807, 2.05) is 0 Å². The van der Waals surface area contributed by atoms with Crippen LogP contribution in [0.4, 0.5) is 0 Å². The summed E-state index contributed by atoms with van der Waals surface area (Å²) in [5.74, 6) is 0.299. The number of carbonyl (C=O) groups is 1. The topological polar surface area (TPSA) is 57.5 Å². The van der Waals surface area contributed by atoms with Gasteiger partial charge in [0.15, 0.2) is 0 Å². The molecule has 0 aromatic rings. The van der Waals surface area contributed by atoms with Crippen molar-refractivity contribution in [2.24, 2.45) is 17.3 Å². The molecular formula is C11H18O3. The normalized spacial score (nSPS) is 47.4. The van der Waals surface area contributed by atoms with E-state index in [2.05, 4.69) is 6.92 Å². The Kier molecular flexibility index (Phi) is 2.30. The Morgan fingerprint density at radius 2 is 1.86 bits per heavy atom. The van der Waals surface area contributed by atoms with Crippen molar-refractivity contribution in [3.05, 3.63) is 0 Å². The smallest absolute Gasteiger partial charge is 0.309 e. The molecule has 2 rings (SSSR count). The Morgan fingerprint density at radius 1 is 1.36 bits per heavy atom. The Balaban J connectivity index is 2.11. The molecule has 0 aromatic heterocycles. The van der Waals surface area contributed by atoms with Crippen LogP contribution in [-0.4, -0.2) is 22.3 Å². The third-order valence-electron chi connectivity index (χ3n) is 4.09. The summed E-state index contributed by atoms with van der Waals surface area (Å²) in [5.41, 5.74) is -0.501. The molecule has 0 radical (unpaired) electrons. The van der Waals surface area contributed by atoms with E-state index in [1.165, 1.54) is 0 Å². The first-order valence-electron chi connectivity index (χ1n) is 5.48. The summed E-state index contributed by atoms with van der Waals surface area (Å²) in [6, 6.07) is 0. The summed E-state index contributed by atoms with van der Waals surface area (Å²) in [5, 5.41) is 18.7. The fraction of sp³-hybridized carbons (Fsp3) is 0.909. The van der Waals surface area contributed by atoms with Crippen LogP contribution >= 0.6 is 0 Å². The van der Waals surface area contributed by atoms with Crippen molar-refractivity contribution in [1.29, 1.82) is 0 Å². The van der Waals surface area contributed by atoms with Gasteiger partial charge in [-0.15, -0.1) is 0 Å². The number of aliphatic carboxylic acids is 1. The van der Waals surface area contributed by atoms with Crippen molar-refractivity contribution in [2.75, 3.05) is 0 Å². The average Bonchev–Trinajstić information content (AvgIpc) is 2.84. The zero-order valence-corrected chi connectivity index (χ0v) is 8.57. The third-order valence-corrected chi connectivity index (χ3v) is 4.09. The molecule has 2 aliphatic carbocycles. The molecule has 0 heterocycles. The van der Waals surface area contributed by atoms with Gasteiger partial charge in [0, 0.05) is 0 Å². The molecule has 2 N–H and O–H groups in total. The van der Waals surface area contributed by atoms with Crippen LogP contribution in [0.3, 0.4) is 0 Å². The first kappa shape index (κ1) is 9.97. The summed E-state index contributed by atoms with van der Waals surface area (Å²) < 4.78 is 0. The largest absolute Gasteiger partial charge is 0.481 e. The van der Waals surface area contributed by atoms with E-state index in [4.69, 9.17) is 0 Å². The van der Waals surface area contributed by atoms with Crippen molar-refractivity contribution >= 4 is 5.97 Å². The predicted molar refractivity (Wildman–Crippen MR) is 51.8 cm³/mol. The zero-order chi connectivity index (χ0) is 10.3. The second kappa shape index (κ2) is 3.23. The van der Waals surface area contributed by atoms with Gasteiger partial charge in [-0.05, 0) is 43.9 Å².